The van der Waals surface area contributed by atoms with Crippen LogP contribution in [-0.4, -0.2) is 30.4 Å². The number of likely N-dealkylation sites (tertiary alicyclic amines) is 1. The summed E-state index contributed by atoms with van der Waals surface area (Å²) in [6.07, 6.45) is 2.45. The van der Waals surface area contributed by atoms with Gasteiger partial charge in [0.15, 0.2) is 0 Å². The Labute approximate surface area is 178 Å². The van der Waals surface area contributed by atoms with E-state index in [0.717, 1.165) is 24.6 Å². The second-order valence-corrected chi connectivity index (χ2v) is 8.01. The molecule has 150 valence electrons. The minimum absolute atomic E-state index is 0. The second-order valence-electron chi connectivity index (χ2n) is 7.03. The van der Waals surface area contributed by atoms with Gasteiger partial charge in [0.05, 0.1) is 6.04 Å². The van der Waals surface area contributed by atoms with Crippen LogP contribution in [-0.2, 0) is 0 Å². The summed E-state index contributed by atoms with van der Waals surface area (Å²) < 4.78 is 0. The van der Waals surface area contributed by atoms with E-state index in [0.29, 0.717) is 17.8 Å². The van der Waals surface area contributed by atoms with Crippen molar-refractivity contribution in [1.82, 2.24) is 10.2 Å². The summed E-state index contributed by atoms with van der Waals surface area (Å²) in [6, 6.07) is 9.99. The Balaban J connectivity index is 0.00000182. The lowest BCUT2D eigenvalue weighted by Crippen LogP contribution is -2.41. The minimum atomic E-state index is -0.0447. The number of aryl methyl sites for hydroxylation is 1. The van der Waals surface area contributed by atoms with Crippen molar-refractivity contribution in [2.75, 3.05) is 25.4 Å². The smallest absolute Gasteiger partial charge is 0.251 e. The van der Waals surface area contributed by atoms with Gasteiger partial charge in [-0.2, -0.15) is 0 Å². The monoisotopic (exact) mass is 429 g/mol. The van der Waals surface area contributed by atoms with E-state index in [2.05, 4.69) is 34.7 Å². The first-order chi connectivity index (χ1) is 12.0. The van der Waals surface area contributed by atoms with Crippen molar-refractivity contribution in [3.63, 3.8) is 0 Å². The highest BCUT2D eigenvalue weighted by Gasteiger charge is 2.26. The maximum atomic E-state index is 12.6. The lowest BCUT2D eigenvalue weighted by atomic mass is 9.97. The van der Waals surface area contributed by atoms with E-state index in [1.165, 1.54) is 17.7 Å². The average molecular weight is 430 g/mol. The van der Waals surface area contributed by atoms with Crippen molar-refractivity contribution in [3.8, 4) is 0 Å². The number of hydrogen-bond acceptors (Lipinski definition) is 4. The number of nitrogens with two attached hydrogens (primary N) is 1. The van der Waals surface area contributed by atoms with E-state index >= 15 is 0 Å². The number of anilines is 1. The van der Waals surface area contributed by atoms with Crippen LogP contribution in [0.3, 0.4) is 0 Å². The molecule has 2 heterocycles. The van der Waals surface area contributed by atoms with Gasteiger partial charge in [-0.25, -0.2) is 0 Å². The number of carbonyl (C=O) groups excluding carboxylic acids is 1. The molecule has 1 saturated heterocycles. The third-order valence-corrected chi connectivity index (χ3v) is 6.07. The number of rotatable bonds is 5. The largest absolute Gasteiger partial charge is 0.399 e. The molecule has 2 aromatic rings. The van der Waals surface area contributed by atoms with Crippen LogP contribution in [0.5, 0.6) is 0 Å². The summed E-state index contributed by atoms with van der Waals surface area (Å²) in [5, 5.41) is 5.24. The maximum absolute atomic E-state index is 12.6. The first-order valence-corrected chi connectivity index (χ1v) is 9.84. The van der Waals surface area contributed by atoms with Gasteiger partial charge in [0, 0.05) is 22.7 Å². The number of nitrogen functional groups attached to an aromatic ring is 1. The van der Waals surface area contributed by atoms with Crippen LogP contribution < -0.4 is 11.1 Å². The van der Waals surface area contributed by atoms with Gasteiger partial charge in [0.25, 0.3) is 5.91 Å². The Morgan fingerprint density at radius 3 is 2.63 bits per heavy atom. The van der Waals surface area contributed by atoms with Gasteiger partial charge < -0.3 is 11.1 Å². The Morgan fingerprint density at radius 2 is 2.00 bits per heavy atom. The van der Waals surface area contributed by atoms with Crippen molar-refractivity contribution >= 4 is 47.7 Å². The first-order valence-electron chi connectivity index (χ1n) is 8.96. The van der Waals surface area contributed by atoms with Crippen LogP contribution in [0, 0.1) is 12.8 Å². The molecular weight excluding hydrogens is 401 g/mol. The van der Waals surface area contributed by atoms with Crippen molar-refractivity contribution in [3.05, 3.63) is 51.7 Å². The number of thiophene rings is 1. The van der Waals surface area contributed by atoms with E-state index in [9.17, 15) is 4.79 Å². The Morgan fingerprint density at radius 1 is 1.30 bits per heavy atom. The van der Waals surface area contributed by atoms with E-state index in [4.69, 9.17) is 5.73 Å². The summed E-state index contributed by atoms with van der Waals surface area (Å²) in [7, 11) is 0. The molecule has 4 nitrogen and oxygen atoms in total. The summed E-state index contributed by atoms with van der Waals surface area (Å²) in [6.45, 7) is 7.08. The Kier molecular flexibility index (Phi) is 9.60. The number of benzene rings is 1. The van der Waals surface area contributed by atoms with Gasteiger partial charge in [0.1, 0.15) is 0 Å². The maximum Gasteiger partial charge on any atom is 0.251 e. The third-order valence-electron chi connectivity index (χ3n) is 5.09. The van der Waals surface area contributed by atoms with Crippen LogP contribution in [0.1, 0.15) is 46.6 Å². The number of halogens is 2. The zero-order chi connectivity index (χ0) is 17.8. The van der Waals surface area contributed by atoms with E-state index in [-0.39, 0.29) is 36.8 Å². The number of nitrogens with zero attached hydrogens (tertiary/aromatic N) is 1. The predicted octanol–water partition coefficient (Wildman–Crippen LogP) is 4.69. The molecule has 1 atom stereocenters. The van der Waals surface area contributed by atoms with E-state index in [1.807, 2.05) is 19.1 Å². The number of piperidine rings is 1. The standard InChI is InChI=1S/C20H27N3OS.2ClH/c1-14-7-9-23(10-8-14)18(19-4-3-11-25-19)13-22-20(24)17-12-16(21)6-5-15(17)2;;/h3-6,11-12,14,18H,7-10,13,21H2,1-2H3,(H,22,24);2*1H. The molecule has 0 bridgehead atoms. The molecule has 1 amide bonds. The first kappa shape index (κ1) is 23.8. The van der Waals surface area contributed by atoms with Crippen molar-refractivity contribution < 1.29 is 4.79 Å². The van der Waals surface area contributed by atoms with Gasteiger partial charge >= 0.3 is 0 Å². The number of amides is 1. The van der Waals surface area contributed by atoms with Crippen LogP contribution >= 0.6 is 36.2 Å². The van der Waals surface area contributed by atoms with Crippen molar-refractivity contribution in [1.29, 1.82) is 0 Å². The van der Waals surface area contributed by atoms with Crippen LogP contribution in [0.25, 0.3) is 0 Å². The van der Waals surface area contributed by atoms with Crippen molar-refractivity contribution in [2.45, 2.75) is 32.7 Å². The van der Waals surface area contributed by atoms with Crippen LogP contribution in [0.15, 0.2) is 35.7 Å². The lowest BCUT2D eigenvalue weighted by molar-refractivity contribution is 0.0914. The molecule has 3 N–H and O–H groups in total. The van der Waals surface area contributed by atoms with Crippen LogP contribution in [0.4, 0.5) is 5.69 Å². The zero-order valence-electron chi connectivity index (χ0n) is 15.8. The molecule has 1 aromatic heterocycles. The molecule has 0 radical (unpaired) electrons. The predicted molar refractivity (Wildman–Crippen MR) is 119 cm³/mol. The third kappa shape index (κ3) is 6.11. The van der Waals surface area contributed by atoms with E-state index < -0.39 is 0 Å². The SMILES string of the molecule is Cc1ccc(N)cc1C(=O)NCC(c1cccs1)N1CCC(C)CC1.Cl.Cl. The molecule has 0 aliphatic carbocycles. The molecule has 3 rings (SSSR count). The highest BCUT2D eigenvalue weighted by atomic mass is 35.5. The lowest BCUT2D eigenvalue weighted by Gasteiger charge is -2.36. The highest BCUT2D eigenvalue weighted by Crippen LogP contribution is 2.29. The highest BCUT2D eigenvalue weighted by molar-refractivity contribution is 7.10. The molecule has 1 aliphatic heterocycles. The molecule has 1 fully saturated rings. The van der Waals surface area contributed by atoms with Crippen molar-refractivity contribution in [2.24, 2.45) is 5.92 Å². The zero-order valence-corrected chi connectivity index (χ0v) is 18.3. The normalized spacial score (nSPS) is 16.1. The minimum Gasteiger partial charge on any atom is -0.399 e. The summed E-state index contributed by atoms with van der Waals surface area (Å²) in [5.74, 6) is 0.751. The molecule has 7 heteroatoms. The molecule has 0 saturated carbocycles. The Bertz CT molecular complexity index is 716. The van der Waals surface area contributed by atoms with Gasteiger partial charge in [-0.1, -0.05) is 19.1 Å². The molecule has 1 aliphatic rings. The average Bonchev–Trinajstić information content (AvgIpc) is 3.13. The Hall–Kier alpha value is -1.27. The topological polar surface area (TPSA) is 58.4 Å². The fraction of sp³-hybridized carbons (Fsp3) is 0.450. The molecular formula is C20H29Cl2N3OS. The summed E-state index contributed by atoms with van der Waals surface area (Å²) >= 11 is 1.77. The van der Waals surface area contributed by atoms with Gasteiger partial charge in [-0.3, -0.25) is 9.69 Å². The molecule has 0 spiro atoms. The second kappa shape index (κ2) is 10.9. The molecule has 1 unspecified atom stereocenters. The number of carbonyl (C=O) groups is 1. The summed E-state index contributed by atoms with van der Waals surface area (Å²) in [4.78, 5) is 16.5. The number of hydrogen-bond donors (Lipinski definition) is 2. The van der Waals surface area contributed by atoms with E-state index in [1.54, 1.807) is 17.4 Å². The molecule has 27 heavy (non-hydrogen) atoms. The summed E-state index contributed by atoms with van der Waals surface area (Å²) in [5.41, 5.74) is 8.08. The van der Waals surface area contributed by atoms with Gasteiger partial charge in [-0.15, -0.1) is 36.2 Å². The van der Waals surface area contributed by atoms with Crippen LogP contribution in [0.2, 0.25) is 0 Å². The number of nitrogens with one attached hydrogen (secondary N) is 1. The fourth-order valence-corrected chi connectivity index (χ4v) is 4.26. The van der Waals surface area contributed by atoms with Gasteiger partial charge in [-0.05, 0) is 67.9 Å². The molecule has 1 aromatic carbocycles. The quantitative estimate of drug-likeness (QED) is 0.677. The fourth-order valence-electron chi connectivity index (χ4n) is 3.40. The van der Waals surface area contributed by atoms with Gasteiger partial charge in [0.2, 0.25) is 0 Å².